The number of hydrogen-bond donors (Lipinski definition) is 1. The molecule has 1 aromatic carbocycles. The highest BCUT2D eigenvalue weighted by atomic mass is 35.5. The van der Waals surface area contributed by atoms with Gasteiger partial charge in [-0.25, -0.2) is 9.18 Å². The number of carbonyl (C=O) groups is 1. The molecule has 1 aromatic rings. The van der Waals surface area contributed by atoms with Gasteiger partial charge >= 0.3 is 5.97 Å². The van der Waals surface area contributed by atoms with Crippen LogP contribution in [0, 0.1) is 11.6 Å². The van der Waals surface area contributed by atoms with E-state index in [1.807, 2.05) is 11.9 Å². The van der Waals surface area contributed by atoms with Crippen LogP contribution in [-0.4, -0.2) is 86.6 Å². The van der Waals surface area contributed by atoms with Crippen LogP contribution in [0.2, 0.25) is 0 Å². The third-order valence-electron chi connectivity index (χ3n) is 5.30. The summed E-state index contributed by atoms with van der Waals surface area (Å²) in [7, 11) is 5.03. The summed E-state index contributed by atoms with van der Waals surface area (Å²) in [5.74, 6) is -3.31. The molecule has 0 spiro atoms. The van der Waals surface area contributed by atoms with Gasteiger partial charge in [-0.3, -0.25) is 5.01 Å². The lowest BCUT2D eigenvalue weighted by Crippen LogP contribution is -2.48. The Hall–Kier alpha value is -1.97. The molecule has 10 heteroatoms. The van der Waals surface area contributed by atoms with Crippen LogP contribution >= 0.6 is 11.6 Å². The molecule has 0 saturated heterocycles. The van der Waals surface area contributed by atoms with Gasteiger partial charge in [-0.2, -0.15) is 9.49 Å². The summed E-state index contributed by atoms with van der Waals surface area (Å²) in [4.78, 5) is 13.6. The predicted octanol–water partition coefficient (Wildman–Crippen LogP) is 3.44. The first kappa shape index (κ1) is 27.1. The zero-order valence-electron chi connectivity index (χ0n) is 18.5. The minimum atomic E-state index is -1.09. The Morgan fingerprint density at radius 1 is 1.19 bits per heavy atom. The number of halogens is 3. The second-order valence-electron chi connectivity index (χ2n) is 7.24. The van der Waals surface area contributed by atoms with E-state index in [0.717, 1.165) is 19.1 Å². The van der Waals surface area contributed by atoms with Crippen LogP contribution < -0.4 is 4.74 Å². The maximum Gasteiger partial charge on any atom is 0.331 e. The summed E-state index contributed by atoms with van der Waals surface area (Å²) in [6.45, 7) is 2.02. The van der Waals surface area contributed by atoms with Crippen LogP contribution in [0.15, 0.2) is 17.2 Å². The zero-order valence-corrected chi connectivity index (χ0v) is 19.3. The minimum absolute atomic E-state index is 0.0718. The number of carboxylic acid groups (broad SMARTS) is 1. The van der Waals surface area contributed by atoms with Gasteiger partial charge in [0.2, 0.25) is 5.82 Å². The van der Waals surface area contributed by atoms with E-state index in [0.29, 0.717) is 32.5 Å². The number of hydrazone groups is 1. The molecule has 31 heavy (non-hydrogen) atoms. The van der Waals surface area contributed by atoms with Gasteiger partial charge in [0.25, 0.3) is 0 Å². The summed E-state index contributed by atoms with van der Waals surface area (Å²) < 4.78 is 39.0. The molecule has 0 amide bonds. The fourth-order valence-electron chi connectivity index (χ4n) is 3.32. The van der Waals surface area contributed by atoms with E-state index < -0.39 is 23.1 Å². The van der Waals surface area contributed by atoms with Crippen molar-refractivity contribution in [3.63, 3.8) is 0 Å². The van der Waals surface area contributed by atoms with Gasteiger partial charge in [-0.05, 0) is 32.0 Å². The van der Waals surface area contributed by atoms with Crippen molar-refractivity contribution in [2.45, 2.75) is 31.2 Å². The molecule has 0 atom stereocenters. The normalized spacial score (nSPS) is 15.1. The topological polar surface area (TPSA) is 74.6 Å². The molecule has 0 radical (unpaired) electrons. The van der Waals surface area contributed by atoms with Crippen LogP contribution in [0.25, 0.3) is 0 Å². The quantitative estimate of drug-likeness (QED) is 0.308. The molecule has 176 valence electrons. The smallest absolute Gasteiger partial charge is 0.331 e. The number of benzene rings is 1. The SMILES string of the molecule is CCl.COCCN(C)CCOc1ccc(/C=N/N(C)C2(C(=O)O)CCCC2)c(F)c1F. The van der Waals surface area contributed by atoms with Crippen molar-refractivity contribution in [2.75, 3.05) is 53.9 Å². The molecular weight excluding hydrogens is 432 g/mol. The lowest BCUT2D eigenvalue weighted by atomic mass is 9.98. The second kappa shape index (κ2) is 13.4. The Balaban J connectivity index is 0.00000233. The summed E-state index contributed by atoms with van der Waals surface area (Å²) in [5, 5.41) is 15.0. The van der Waals surface area contributed by atoms with Crippen molar-refractivity contribution in [2.24, 2.45) is 5.10 Å². The average Bonchev–Trinajstić information content (AvgIpc) is 3.27. The van der Waals surface area contributed by atoms with Crippen molar-refractivity contribution >= 4 is 23.8 Å². The maximum atomic E-state index is 14.4. The largest absolute Gasteiger partial charge is 0.489 e. The van der Waals surface area contributed by atoms with Crippen molar-refractivity contribution < 1.29 is 28.2 Å². The molecule has 0 aromatic heterocycles. The molecule has 1 fully saturated rings. The Morgan fingerprint density at radius 3 is 2.39 bits per heavy atom. The molecule has 1 saturated carbocycles. The highest BCUT2D eigenvalue weighted by molar-refractivity contribution is 6.15. The molecule has 0 aliphatic heterocycles. The van der Waals surface area contributed by atoms with Crippen molar-refractivity contribution in [3.8, 4) is 5.75 Å². The third-order valence-corrected chi connectivity index (χ3v) is 5.30. The molecule has 0 unspecified atom stereocenters. The lowest BCUT2D eigenvalue weighted by Gasteiger charge is -2.32. The van der Waals surface area contributed by atoms with Gasteiger partial charge in [0.1, 0.15) is 6.61 Å². The Kier molecular flexibility index (Phi) is 11.7. The van der Waals surface area contributed by atoms with Crippen molar-refractivity contribution in [1.29, 1.82) is 0 Å². The third kappa shape index (κ3) is 7.29. The molecular formula is C21H32ClF2N3O4. The predicted molar refractivity (Wildman–Crippen MR) is 117 cm³/mol. The highest BCUT2D eigenvalue weighted by Crippen LogP contribution is 2.35. The summed E-state index contributed by atoms with van der Waals surface area (Å²) in [6.07, 6.45) is 5.14. The highest BCUT2D eigenvalue weighted by Gasteiger charge is 2.45. The van der Waals surface area contributed by atoms with E-state index in [1.165, 1.54) is 23.5 Å². The Bertz CT molecular complexity index is 731. The lowest BCUT2D eigenvalue weighted by molar-refractivity contribution is -0.150. The van der Waals surface area contributed by atoms with Gasteiger partial charge in [-0.15, -0.1) is 11.6 Å². The van der Waals surface area contributed by atoms with Crippen LogP contribution in [0.4, 0.5) is 8.78 Å². The number of rotatable bonds is 11. The van der Waals surface area contributed by atoms with Gasteiger partial charge in [0.15, 0.2) is 17.1 Å². The van der Waals surface area contributed by atoms with Crippen LogP contribution in [-0.2, 0) is 9.53 Å². The van der Waals surface area contributed by atoms with Crippen LogP contribution in [0.1, 0.15) is 31.2 Å². The number of aliphatic carboxylic acids is 1. The van der Waals surface area contributed by atoms with E-state index in [-0.39, 0.29) is 17.9 Å². The number of nitrogens with zero attached hydrogens (tertiary/aromatic N) is 3. The monoisotopic (exact) mass is 463 g/mol. The average molecular weight is 464 g/mol. The number of ether oxygens (including phenoxy) is 2. The molecule has 0 bridgehead atoms. The molecule has 7 nitrogen and oxygen atoms in total. The first-order valence-electron chi connectivity index (χ1n) is 9.99. The summed E-state index contributed by atoms with van der Waals surface area (Å²) in [6, 6.07) is 2.71. The fraction of sp³-hybridized carbons (Fsp3) is 0.619. The summed E-state index contributed by atoms with van der Waals surface area (Å²) in [5.41, 5.74) is -1.17. The van der Waals surface area contributed by atoms with Crippen molar-refractivity contribution in [3.05, 3.63) is 29.3 Å². The van der Waals surface area contributed by atoms with Gasteiger partial charge in [0.05, 0.1) is 12.8 Å². The van der Waals surface area contributed by atoms with Gasteiger partial charge < -0.3 is 19.5 Å². The molecule has 1 aliphatic carbocycles. The number of carboxylic acids is 1. The number of alkyl halides is 1. The minimum Gasteiger partial charge on any atom is -0.489 e. The van der Waals surface area contributed by atoms with Gasteiger partial charge in [-0.1, -0.05) is 12.8 Å². The molecule has 1 N–H and O–H groups in total. The molecule has 0 heterocycles. The maximum absolute atomic E-state index is 14.4. The number of methoxy groups -OCH3 is 1. The van der Waals surface area contributed by atoms with E-state index >= 15 is 0 Å². The van der Waals surface area contributed by atoms with Gasteiger partial charge in [0, 0.05) is 39.2 Å². The fourth-order valence-corrected chi connectivity index (χ4v) is 3.32. The number of likely N-dealkylation sites (N-methyl/N-ethyl adjacent to an activating group) is 2. The molecule has 2 rings (SSSR count). The van der Waals surface area contributed by atoms with Crippen LogP contribution in [0.3, 0.4) is 0 Å². The first-order chi connectivity index (χ1) is 14.8. The van der Waals surface area contributed by atoms with Crippen LogP contribution in [0.5, 0.6) is 5.75 Å². The van der Waals surface area contributed by atoms with E-state index in [4.69, 9.17) is 9.47 Å². The van der Waals surface area contributed by atoms with E-state index in [1.54, 1.807) is 14.2 Å². The Labute approximate surface area is 187 Å². The Morgan fingerprint density at radius 2 is 1.81 bits per heavy atom. The molecule has 1 aliphatic rings. The zero-order chi connectivity index (χ0) is 23.4. The van der Waals surface area contributed by atoms with E-state index in [2.05, 4.69) is 16.7 Å². The standard InChI is InChI=1S/C20H29F2N3O4.CH3Cl/c1-24(10-12-28-3)11-13-29-16-7-6-15(17(21)18(16)22)14-23-25(2)20(19(26)27)8-4-5-9-20;1-2/h6-7,14H,4-5,8-13H2,1-3H3,(H,26,27);1H3/b23-14+;. The number of hydrogen-bond acceptors (Lipinski definition) is 6. The first-order valence-corrected chi connectivity index (χ1v) is 10.7. The van der Waals surface area contributed by atoms with Crippen molar-refractivity contribution in [1.82, 2.24) is 9.91 Å². The van der Waals surface area contributed by atoms with E-state index in [9.17, 15) is 18.7 Å². The second-order valence-corrected chi connectivity index (χ2v) is 7.24. The summed E-state index contributed by atoms with van der Waals surface area (Å²) >= 11 is 4.64.